The highest BCUT2D eigenvalue weighted by atomic mass is 32.2. The highest BCUT2D eigenvalue weighted by Gasteiger charge is 2.82. The van der Waals surface area contributed by atoms with E-state index in [1.54, 1.807) is 11.3 Å². The van der Waals surface area contributed by atoms with E-state index in [2.05, 4.69) is 4.74 Å². The third kappa shape index (κ3) is 3.82. The van der Waals surface area contributed by atoms with E-state index < -0.39 is 45.6 Å². The number of hydrogen-bond donors (Lipinski definition) is 1. The summed E-state index contributed by atoms with van der Waals surface area (Å²) in [4.78, 5) is 0. The molecule has 1 atom stereocenters. The van der Waals surface area contributed by atoms with Gasteiger partial charge in [-0.25, -0.2) is 0 Å². The van der Waals surface area contributed by atoms with Crippen LogP contribution in [-0.4, -0.2) is 42.5 Å². The van der Waals surface area contributed by atoms with Crippen molar-refractivity contribution in [3.8, 4) is 0 Å². The Morgan fingerprint density at radius 3 is 1.50 bits per heavy atom. The van der Waals surface area contributed by atoms with Crippen LogP contribution in [0, 0.1) is 0 Å². The average molecular weight is 408 g/mol. The number of halogens is 11. The fourth-order valence-electron chi connectivity index (χ4n) is 0.873. The summed E-state index contributed by atoms with van der Waals surface area (Å²) in [5.41, 5.74) is 0. The lowest BCUT2D eigenvalue weighted by Crippen LogP contribution is -2.64. The highest BCUT2D eigenvalue weighted by Crippen LogP contribution is 2.53. The molecule has 0 saturated carbocycles. The summed E-state index contributed by atoms with van der Waals surface area (Å²) in [6.45, 7) is 1.79. The minimum absolute atomic E-state index is 1.65. The minimum Gasteiger partial charge on any atom is -0.402 e. The van der Waals surface area contributed by atoms with Gasteiger partial charge in [0.05, 0.1) is 0 Å². The predicted molar refractivity (Wildman–Crippen MR) is 48.7 cm³/mol. The molecule has 144 valence electrons. The molecule has 0 spiro atoms. The summed E-state index contributed by atoms with van der Waals surface area (Å²) in [7, 11) is -7.27. The van der Waals surface area contributed by atoms with Gasteiger partial charge in [0.25, 0.3) is 6.01 Å². The molecule has 0 aliphatic carbocycles. The fourth-order valence-corrected chi connectivity index (χ4v) is 1.22. The first-order valence-electron chi connectivity index (χ1n) is 4.72. The molecule has 0 rings (SSSR count). The number of hydrogen-bond acceptors (Lipinski definition) is 4. The zero-order valence-corrected chi connectivity index (χ0v) is 11.2. The first-order chi connectivity index (χ1) is 10.1. The Balaban J connectivity index is 6.24. The molecular weight excluding hydrogens is 405 g/mol. The molecule has 1 N–H and O–H groups in total. The van der Waals surface area contributed by atoms with Crippen LogP contribution in [-0.2, 0) is 19.6 Å². The average Bonchev–Trinajstić information content (AvgIpc) is 2.22. The Hall–Kier alpha value is -1.36. The lowest BCUT2D eigenvalue weighted by Gasteiger charge is -2.36. The Morgan fingerprint density at radius 2 is 1.25 bits per heavy atom. The number of alkyl halides is 10. The van der Waals surface area contributed by atoms with Gasteiger partial charge in [-0.3, -0.25) is 9.29 Å². The monoisotopic (exact) mass is 408 g/mol. The first kappa shape index (κ1) is 22.6. The van der Waals surface area contributed by atoms with Gasteiger partial charge in [0.1, 0.15) is 0 Å². The van der Waals surface area contributed by atoms with Crippen molar-refractivity contribution >= 4 is 10.1 Å². The van der Waals surface area contributed by atoms with Crippen molar-refractivity contribution in [2.45, 2.75) is 29.5 Å². The molecule has 5 nitrogen and oxygen atoms in total. The van der Waals surface area contributed by atoms with Gasteiger partial charge in [-0.1, -0.05) is 0 Å². The zero-order chi connectivity index (χ0) is 20.0. The van der Waals surface area contributed by atoms with E-state index in [9.17, 15) is 56.7 Å². The molecule has 24 heavy (non-hydrogen) atoms. The van der Waals surface area contributed by atoms with Crippen LogP contribution < -0.4 is 0 Å². The molecule has 0 aromatic carbocycles. The molecule has 0 aliphatic rings. The van der Waals surface area contributed by atoms with Crippen molar-refractivity contribution in [3.05, 3.63) is 12.6 Å². The molecule has 0 amide bonds. The third-order valence-electron chi connectivity index (χ3n) is 1.91. The quantitative estimate of drug-likeness (QED) is 0.398. The Bertz CT molecular complexity index is 596. The molecule has 1 unspecified atom stereocenters. The Kier molecular flexibility index (Phi) is 5.53. The third-order valence-corrected chi connectivity index (χ3v) is 2.80. The number of ether oxygens (including phenoxy) is 2. The van der Waals surface area contributed by atoms with Gasteiger partial charge < -0.3 is 4.74 Å². The molecule has 0 bridgehead atoms. The predicted octanol–water partition coefficient (Wildman–Crippen LogP) is 3.35. The van der Waals surface area contributed by atoms with E-state index in [0.29, 0.717) is 0 Å². The van der Waals surface area contributed by atoms with E-state index in [1.807, 2.05) is 0 Å². The summed E-state index contributed by atoms with van der Waals surface area (Å²) in [5.74, 6) is -7.19. The lowest BCUT2D eigenvalue weighted by atomic mass is 10.2. The van der Waals surface area contributed by atoms with E-state index in [1.165, 1.54) is 0 Å². The van der Waals surface area contributed by atoms with Crippen molar-refractivity contribution in [1.29, 1.82) is 0 Å². The molecule has 0 aromatic rings. The van der Waals surface area contributed by atoms with Crippen LogP contribution in [0.3, 0.4) is 0 Å². The normalized spacial score (nSPS) is 17.3. The highest BCUT2D eigenvalue weighted by molar-refractivity contribution is 7.86. The second kappa shape index (κ2) is 5.87. The van der Waals surface area contributed by atoms with Crippen molar-refractivity contribution in [1.82, 2.24) is 0 Å². The van der Waals surface area contributed by atoms with E-state index in [-0.39, 0.29) is 0 Å². The summed E-state index contributed by atoms with van der Waals surface area (Å²) >= 11 is 0. The zero-order valence-electron chi connectivity index (χ0n) is 10.4. The maximum atomic E-state index is 13.3. The standard InChI is InChI=1S/C7H3F11O5S/c1-2(8)22-5(13,14)3(9,4(10,11)12)23-6(15,16)7(17,18)24(19,20)21/h1H2,(H,19,20,21). The first-order valence-corrected chi connectivity index (χ1v) is 6.16. The minimum atomic E-state index is -7.29. The molecule has 0 saturated heterocycles. The van der Waals surface area contributed by atoms with Gasteiger partial charge >= 0.3 is 39.6 Å². The fraction of sp³-hybridized carbons (Fsp3) is 0.714. The maximum absolute atomic E-state index is 13.3. The van der Waals surface area contributed by atoms with E-state index in [4.69, 9.17) is 4.55 Å². The van der Waals surface area contributed by atoms with Gasteiger partial charge in [0.2, 0.25) is 0 Å². The van der Waals surface area contributed by atoms with Crippen LogP contribution >= 0.6 is 0 Å². The van der Waals surface area contributed by atoms with Crippen LogP contribution in [0.15, 0.2) is 12.6 Å². The maximum Gasteiger partial charge on any atom is 0.471 e. The van der Waals surface area contributed by atoms with Gasteiger partial charge in [0.15, 0.2) is 0 Å². The molecule has 0 fully saturated rings. The van der Waals surface area contributed by atoms with Gasteiger partial charge in [0, 0.05) is 0 Å². The van der Waals surface area contributed by atoms with Crippen LogP contribution in [0.4, 0.5) is 48.3 Å². The SMILES string of the molecule is C=C(F)OC(F)(F)C(F)(OC(F)(F)C(F)(F)S(=O)(=O)O)C(F)(F)F. The topological polar surface area (TPSA) is 72.8 Å². The summed E-state index contributed by atoms with van der Waals surface area (Å²) in [6.07, 6.45) is -21.3. The van der Waals surface area contributed by atoms with Crippen LogP contribution in [0.5, 0.6) is 0 Å². The van der Waals surface area contributed by atoms with Crippen molar-refractivity contribution < 1.29 is 70.7 Å². The largest absolute Gasteiger partial charge is 0.471 e. The molecule has 17 heteroatoms. The summed E-state index contributed by atoms with van der Waals surface area (Å²) in [6, 6.07) is -2.88. The van der Waals surface area contributed by atoms with Crippen LogP contribution in [0.25, 0.3) is 0 Å². The van der Waals surface area contributed by atoms with Gasteiger partial charge in [-0.2, -0.15) is 56.7 Å². The van der Waals surface area contributed by atoms with Crippen LogP contribution in [0.2, 0.25) is 0 Å². The van der Waals surface area contributed by atoms with E-state index in [0.717, 1.165) is 0 Å². The number of rotatable bonds is 7. The lowest BCUT2D eigenvalue weighted by molar-refractivity contribution is -0.510. The van der Waals surface area contributed by atoms with Crippen molar-refractivity contribution in [2.24, 2.45) is 0 Å². The smallest absolute Gasteiger partial charge is 0.402 e. The Labute approximate surface area is 124 Å². The molecule has 0 heterocycles. The second-order valence-corrected chi connectivity index (χ2v) is 5.14. The molecule has 0 aliphatic heterocycles. The molecule has 0 aromatic heterocycles. The summed E-state index contributed by atoms with van der Waals surface area (Å²) in [5, 5.41) is -7.01. The molecule has 0 radical (unpaired) electrons. The second-order valence-electron chi connectivity index (χ2n) is 3.68. The van der Waals surface area contributed by atoms with Gasteiger partial charge in [-0.15, -0.1) is 0 Å². The van der Waals surface area contributed by atoms with Crippen LogP contribution in [0.1, 0.15) is 0 Å². The molecular formula is C7H3F11O5S. The van der Waals surface area contributed by atoms with Gasteiger partial charge in [-0.05, 0) is 6.58 Å². The van der Waals surface area contributed by atoms with Crippen molar-refractivity contribution in [2.75, 3.05) is 0 Å². The van der Waals surface area contributed by atoms with E-state index >= 15 is 0 Å². The summed E-state index contributed by atoms with van der Waals surface area (Å²) < 4.78 is 171. The Morgan fingerprint density at radius 1 is 0.875 bits per heavy atom. The van der Waals surface area contributed by atoms with Crippen molar-refractivity contribution in [3.63, 3.8) is 0 Å².